The second-order valence-corrected chi connectivity index (χ2v) is 12.5. The molecule has 1 saturated carbocycles. The minimum Gasteiger partial charge on any atom is -0.369 e. The maximum absolute atomic E-state index is 12.5. The Kier molecular flexibility index (Phi) is 9.80. The fourth-order valence-electron chi connectivity index (χ4n) is 5.25. The maximum Gasteiger partial charge on any atom is 0.238 e. The fraction of sp³-hybridized carbons (Fsp3) is 0.517. The molecule has 9 heteroatoms. The lowest BCUT2D eigenvalue weighted by Gasteiger charge is -2.36. The standard InChI is InChI=1S/C29H40N4O4S/c1-38(36,37)27-14-12-24(13-15-27)22-28(34)31-33-19-17-32(18-20-33)26-11-5-7-23(21-26)8-6-16-30-29(35)25-9-3-2-4-10-25/h5,7,11-15,21,25H,2-4,6,8-10,16-20,22H2,1H3,(H,30,35)(H,31,34). The normalized spacial score (nSPS) is 17.2. The number of piperazine rings is 1. The molecule has 0 spiro atoms. The Balaban J connectivity index is 1.17. The third-order valence-electron chi connectivity index (χ3n) is 7.47. The predicted octanol–water partition coefficient (Wildman–Crippen LogP) is 3.12. The summed E-state index contributed by atoms with van der Waals surface area (Å²) in [4.78, 5) is 27.4. The first-order valence-corrected chi connectivity index (χ1v) is 15.6. The molecule has 2 amide bonds. The van der Waals surface area contributed by atoms with Crippen molar-refractivity contribution in [3.05, 3.63) is 59.7 Å². The van der Waals surface area contributed by atoms with Crippen LogP contribution in [0.4, 0.5) is 5.69 Å². The highest BCUT2D eigenvalue weighted by atomic mass is 32.2. The molecular weight excluding hydrogens is 500 g/mol. The van der Waals surface area contributed by atoms with E-state index in [-0.39, 0.29) is 29.0 Å². The highest BCUT2D eigenvalue weighted by molar-refractivity contribution is 7.90. The van der Waals surface area contributed by atoms with E-state index in [0.717, 1.165) is 64.0 Å². The molecule has 8 nitrogen and oxygen atoms in total. The van der Waals surface area contributed by atoms with Gasteiger partial charge >= 0.3 is 0 Å². The molecule has 0 aromatic heterocycles. The molecule has 1 aliphatic heterocycles. The van der Waals surface area contributed by atoms with Crippen LogP contribution in [0.25, 0.3) is 0 Å². The zero-order valence-electron chi connectivity index (χ0n) is 22.3. The molecule has 2 aromatic rings. The van der Waals surface area contributed by atoms with E-state index in [9.17, 15) is 18.0 Å². The van der Waals surface area contributed by atoms with Gasteiger partial charge < -0.3 is 10.2 Å². The van der Waals surface area contributed by atoms with Crippen LogP contribution in [0.2, 0.25) is 0 Å². The Morgan fingerprint density at radius 3 is 2.32 bits per heavy atom. The number of carbonyl (C=O) groups excluding carboxylic acids is 2. The number of benzene rings is 2. The van der Waals surface area contributed by atoms with Gasteiger partial charge in [0.25, 0.3) is 0 Å². The zero-order valence-corrected chi connectivity index (χ0v) is 23.1. The molecule has 1 heterocycles. The van der Waals surface area contributed by atoms with Crippen LogP contribution in [0, 0.1) is 5.92 Å². The van der Waals surface area contributed by atoms with Crippen LogP contribution in [0.3, 0.4) is 0 Å². The van der Waals surface area contributed by atoms with Gasteiger partial charge in [0.05, 0.1) is 11.3 Å². The Morgan fingerprint density at radius 2 is 1.63 bits per heavy atom. The molecule has 4 rings (SSSR count). The number of amides is 2. The van der Waals surface area contributed by atoms with Gasteiger partial charge in [-0.2, -0.15) is 0 Å². The van der Waals surface area contributed by atoms with Crippen molar-refractivity contribution in [1.29, 1.82) is 0 Å². The van der Waals surface area contributed by atoms with Crippen molar-refractivity contribution in [2.24, 2.45) is 5.92 Å². The second kappa shape index (κ2) is 13.2. The summed E-state index contributed by atoms with van der Waals surface area (Å²) in [7, 11) is -3.24. The number of hydrazine groups is 1. The molecular formula is C29H40N4O4S. The number of anilines is 1. The van der Waals surface area contributed by atoms with E-state index in [4.69, 9.17) is 0 Å². The minimum absolute atomic E-state index is 0.108. The summed E-state index contributed by atoms with van der Waals surface area (Å²) in [5.41, 5.74) is 6.21. The lowest BCUT2D eigenvalue weighted by molar-refractivity contribution is -0.126. The molecule has 2 fully saturated rings. The zero-order chi connectivity index (χ0) is 27.0. The largest absolute Gasteiger partial charge is 0.369 e. The summed E-state index contributed by atoms with van der Waals surface area (Å²) in [6, 6.07) is 15.0. The molecule has 0 atom stereocenters. The monoisotopic (exact) mass is 540 g/mol. The van der Waals surface area contributed by atoms with Crippen LogP contribution in [0.5, 0.6) is 0 Å². The molecule has 38 heavy (non-hydrogen) atoms. The number of hydrogen-bond donors (Lipinski definition) is 2. The van der Waals surface area contributed by atoms with Crippen LogP contribution in [0.15, 0.2) is 53.4 Å². The van der Waals surface area contributed by atoms with Gasteiger partial charge in [0.1, 0.15) is 0 Å². The second-order valence-electron chi connectivity index (χ2n) is 10.5. The number of sulfone groups is 1. The van der Waals surface area contributed by atoms with Crippen LogP contribution >= 0.6 is 0 Å². The molecule has 2 N–H and O–H groups in total. The van der Waals surface area contributed by atoms with Gasteiger partial charge in [0.15, 0.2) is 9.84 Å². The van der Waals surface area contributed by atoms with Crippen molar-refractivity contribution >= 4 is 27.3 Å². The third-order valence-corrected chi connectivity index (χ3v) is 8.60. The van der Waals surface area contributed by atoms with Gasteiger partial charge in [-0.05, 0) is 61.1 Å². The fourth-order valence-corrected chi connectivity index (χ4v) is 5.88. The number of hydrogen-bond acceptors (Lipinski definition) is 6. The lowest BCUT2D eigenvalue weighted by atomic mass is 9.88. The molecule has 2 aliphatic rings. The van der Waals surface area contributed by atoms with Gasteiger partial charge in [-0.1, -0.05) is 43.5 Å². The molecule has 0 radical (unpaired) electrons. The lowest BCUT2D eigenvalue weighted by Crippen LogP contribution is -2.54. The third kappa shape index (κ3) is 8.30. The molecule has 0 unspecified atom stereocenters. The summed E-state index contributed by atoms with van der Waals surface area (Å²) in [6.07, 6.45) is 8.91. The molecule has 2 aromatic carbocycles. The molecule has 1 saturated heterocycles. The SMILES string of the molecule is CS(=O)(=O)c1ccc(CC(=O)NN2CCN(c3cccc(CCCNC(=O)C4CCCCC4)c3)CC2)cc1. The van der Waals surface area contributed by atoms with E-state index < -0.39 is 9.84 Å². The quantitative estimate of drug-likeness (QED) is 0.450. The number of nitrogens with one attached hydrogen (secondary N) is 2. The first kappa shape index (κ1) is 28.1. The number of carbonyl (C=O) groups is 2. The van der Waals surface area contributed by atoms with Gasteiger partial charge in [0.2, 0.25) is 11.8 Å². The summed E-state index contributed by atoms with van der Waals surface area (Å²) >= 11 is 0. The summed E-state index contributed by atoms with van der Waals surface area (Å²) in [5, 5.41) is 5.08. The summed E-state index contributed by atoms with van der Waals surface area (Å²) in [6.45, 7) is 3.78. The Labute approximate surface area is 226 Å². The highest BCUT2D eigenvalue weighted by Crippen LogP contribution is 2.23. The van der Waals surface area contributed by atoms with Gasteiger partial charge in [-0.25, -0.2) is 13.4 Å². The van der Waals surface area contributed by atoms with Crippen molar-refractivity contribution < 1.29 is 18.0 Å². The van der Waals surface area contributed by atoms with Crippen molar-refractivity contribution in [1.82, 2.24) is 15.8 Å². The van der Waals surface area contributed by atoms with Crippen molar-refractivity contribution in [3.8, 4) is 0 Å². The van der Waals surface area contributed by atoms with E-state index in [0.29, 0.717) is 0 Å². The van der Waals surface area contributed by atoms with Gasteiger partial charge in [0, 0.05) is 50.6 Å². The van der Waals surface area contributed by atoms with Crippen LogP contribution in [-0.4, -0.2) is 64.2 Å². The highest BCUT2D eigenvalue weighted by Gasteiger charge is 2.21. The smallest absolute Gasteiger partial charge is 0.238 e. The van der Waals surface area contributed by atoms with Gasteiger partial charge in [-0.15, -0.1) is 0 Å². The molecule has 0 bridgehead atoms. The van der Waals surface area contributed by atoms with Crippen molar-refractivity contribution in [2.45, 2.75) is 56.3 Å². The van der Waals surface area contributed by atoms with E-state index >= 15 is 0 Å². The first-order valence-electron chi connectivity index (χ1n) is 13.7. The Bertz CT molecular complexity index is 1190. The maximum atomic E-state index is 12.5. The number of aryl methyl sites for hydroxylation is 1. The average Bonchev–Trinajstić information content (AvgIpc) is 2.92. The average molecular weight is 541 g/mol. The van der Waals surface area contributed by atoms with E-state index in [1.807, 2.05) is 5.01 Å². The van der Waals surface area contributed by atoms with E-state index in [1.54, 1.807) is 24.3 Å². The van der Waals surface area contributed by atoms with Crippen LogP contribution in [0.1, 0.15) is 49.7 Å². The number of nitrogens with zero attached hydrogens (tertiary/aromatic N) is 2. The Hall–Kier alpha value is -2.91. The molecule has 1 aliphatic carbocycles. The van der Waals surface area contributed by atoms with Crippen molar-refractivity contribution in [2.75, 3.05) is 43.9 Å². The summed E-state index contributed by atoms with van der Waals surface area (Å²) in [5.74, 6) is 0.334. The molecule has 206 valence electrons. The topological polar surface area (TPSA) is 98.8 Å². The number of rotatable bonds is 10. The van der Waals surface area contributed by atoms with Crippen LogP contribution < -0.4 is 15.6 Å². The van der Waals surface area contributed by atoms with Gasteiger partial charge in [-0.3, -0.25) is 15.0 Å². The summed E-state index contributed by atoms with van der Waals surface area (Å²) < 4.78 is 23.2. The first-order chi connectivity index (χ1) is 18.3. The predicted molar refractivity (Wildman–Crippen MR) is 150 cm³/mol. The van der Waals surface area contributed by atoms with Crippen molar-refractivity contribution in [3.63, 3.8) is 0 Å². The Morgan fingerprint density at radius 1 is 0.921 bits per heavy atom. The van der Waals surface area contributed by atoms with Crippen LogP contribution in [-0.2, 0) is 32.3 Å². The van der Waals surface area contributed by atoms with E-state index in [2.05, 4.69) is 39.9 Å². The van der Waals surface area contributed by atoms with E-state index in [1.165, 1.54) is 36.8 Å². The minimum atomic E-state index is -3.24.